The SMILES string of the molecule is Cl.c1ccc(CO[C@@H](c2ccccc2)C2CNC2)cc1. The van der Waals surface area contributed by atoms with Gasteiger partial charge in [0.05, 0.1) is 12.7 Å². The maximum absolute atomic E-state index is 6.18. The molecule has 1 aliphatic rings. The van der Waals surface area contributed by atoms with Crippen LogP contribution in [0.4, 0.5) is 0 Å². The third-order valence-corrected chi connectivity index (χ3v) is 3.64. The number of hydrogen-bond acceptors (Lipinski definition) is 2. The molecule has 2 nitrogen and oxygen atoms in total. The maximum atomic E-state index is 6.18. The fraction of sp³-hybridized carbons (Fsp3) is 0.294. The minimum Gasteiger partial charge on any atom is -0.368 e. The van der Waals surface area contributed by atoms with Crippen molar-refractivity contribution < 1.29 is 4.74 Å². The largest absolute Gasteiger partial charge is 0.368 e. The van der Waals surface area contributed by atoms with Gasteiger partial charge in [0.25, 0.3) is 0 Å². The third kappa shape index (κ3) is 3.60. The van der Waals surface area contributed by atoms with Gasteiger partial charge in [-0.2, -0.15) is 0 Å². The molecule has 1 fully saturated rings. The summed E-state index contributed by atoms with van der Waals surface area (Å²) in [5.41, 5.74) is 2.51. The molecule has 20 heavy (non-hydrogen) atoms. The summed E-state index contributed by atoms with van der Waals surface area (Å²) in [6.07, 6.45) is 0.197. The van der Waals surface area contributed by atoms with E-state index in [1.54, 1.807) is 0 Å². The summed E-state index contributed by atoms with van der Waals surface area (Å²) in [7, 11) is 0. The number of hydrogen-bond donors (Lipinski definition) is 1. The topological polar surface area (TPSA) is 21.3 Å². The highest BCUT2D eigenvalue weighted by Gasteiger charge is 2.28. The van der Waals surface area contributed by atoms with Crippen molar-refractivity contribution in [3.63, 3.8) is 0 Å². The second kappa shape index (κ2) is 7.44. The van der Waals surface area contributed by atoms with E-state index in [0.717, 1.165) is 13.1 Å². The summed E-state index contributed by atoms with van der Waals surface area (Å²) in [6, 6.07) is 20.9. The van der Waals surface area contributed by atoms with E-state index in [1.165, 1.54) is 11.1 Å². The summed E-state index contributed by atoms with van der Waals surface area (Å²) in [6.45, 7) is 2.78. The lowest BCUT2D eigenvalue weighted by Gasteiger charge is -2.35. The van der Waals surface area contributed by atoms with Crippen LogP contribution in [0.3, 0.4) is 0 Å². The molecule has 0 bridgehead atoms. The molecule has 106 valence electrons. The van der Waals surface area contributed by atoms with Crippen molar-refractivity contribution in [2.75, 3.05) is 13.1 Å². The number of nitrogens with one attached hydrogen (secondary N) is 1. The summed E-state index contributed by atoms with van der Waals surface area (Å²) >= 11 is 0. The normalized spacial score (nSPS) is 16.0. The molecule has 2 aromatic carbocycles. The van der Waals surface area contributed by atoms with E-state index in [0.29, 0.717) is 12.5 Å². The van der Waals surface area contributed by atoms with Gasteiger partial charge in [0.1, 0.15) is 0 Å². The Morgan fingerprint density at radius 2 is 1.55 bits per heavy atom. The number of rotatable bonds is 5. The summed E-state index contributed by atoms with van der Waals surface area (Å²) in [5.74, 6) is 0.589. The summed E-state index contributed by atoms with van der Waals surface area (Å²) < 4.78 is 6.18. The standard InChI is InChI=1S/C17H19NO.ClH/c1-3-7-14(8-4-1)13-19-17(16-11-18-12-16)15-9-5-2-6-10-15;/h1-10,16-18H,11-13H2;1H/t17-;/m0./s1. The van der Waals surface area contributed by atoms with E-state index in [9.17, 15) is 0 Å². The molecule has 1 saturated heterocycles. The molecule has 2 aromatic rings. The Bertz CT molecular complexity index is 499. The predicted octanol–water partition coefficient (Wildman–Crippen LogP) is 3.59. The smallest absolute Gasteiger partial charge is 0.0881 e. The van der Waals surface area contributed by atoms with Crippen molar-refractivity contribution in [2.24, 2.45) is 5.92 Å². The first-order valence-electron chi connectivity index (χ1n) is 6.84. The Labute approximate surface area is 126 Å². The first-order valence-corrected chi connectivity index (χ1v) is 6.84. The van der Waals surface area contributed by atoms with E-state index >= 15 is 0 Å². The number of benzene rings is 2. The van der Waals surface area contributed by atoms with Crippen molar-refractivity contribution in [1.29, 1.82) is 0 Å². The Balaban J connectivity index is 0.00000147. The lowest BCUT2D eigenvalue weighted by atomic mass is 9.91. The lowest BCUT2D eigenvalue weighted by molar-refractivity contribution is -0.0170. The highest BCUT2D eigenvalue weighted by atomic mass is 35.5. The molecular formula is C17H20ClNO. The van der Waals surface area contributed by atoms with Crippen molar-refractivity contribution in [3.8, 4) is 0 Å². The minimum atomic E-state index is 0. The highest BCUT2D eigenvalue weighted by molar-refractivity contribution is 5.85. The van der Waals surface area contributed by atoms with Gasteiger partial charge >= 0.3 is 0 Å². The lowest BCUT2D eigenvalue weighted by Crippen LogP contribution is -2.45. The maximum Gasteiger partial charge on any atom is 0.0881 e. The van der Waals surface area contributed by atoms with Gasteiger partial charge in [-0.05, 0) is 11.1 Å². The average molecular weight is 290 g/mol. The zero-order chi connectivity index (χ0) is 12.9. The average Bonchev–Trinajstić information content (AvgIpc) is 2.43. The Kier molecular flexibility index (Phi) is 5.60. The molecular weight excluding hydrogens is 270 g/mol. The molecule has 1 atom stereocenters. The zero-order valence-corrected chi connectivity index (χ0v) is 12.2. The molecule has 0 spiro atoms. The second-order valence-corrected chi connectivity index (χ2v) is 5.05. The van der Waals surface area contributed by atoms with Gasteiger partial charge in [-0.1, -0.05) is 60.7 Å². The van der Waals surface area contributed by atoms with E-state index in [-0.39, 0.29) is 18.5 Å². The van der Waals surface area contributed by atoms with E-state index < -0.39 is 0 Å². The summed E-state index contributed by atoms with van der Waals surface area (Å²) in [5, 5.41) is 3.33. The van der Waals surface area contributed by atoms with Gasteiger partial charge in [0, 0.05) is 19.0 Å². The van der Waals surface area contributed by atoms with Crippen molar-refractivity contribution >= 4 is 12.4 Å². The van der Waals surface area contributed by atoms with Gasteiger partial charge in [0.15, 0.2) is 0 Å². The molecule has 3 rings (SSSR count). The Morgan fingerprint density at radius 3 is 2.10 bits per heavy atom. The number of ether oxygens (including phenoxy) is 1. The Hall–Kier alpha value is -1.35. The molecule has 0 radical (unpaired) electrons. The van der Waals surface area contributed by atoms with Crippen LogP contribution in [0.15, 0.2) is 60.7 Å². The number of halogens is 1. The Morgan fingerprint density at radius 1 is 0.950 bits per heavy atom. The third-order valence-electron chi connectivity index (χ3n) is 3.64. The van der Waals surface area contributed by atoms with Crippen LogP contribution >= 0.6 is 12.4 Å². The van der Waals surface area contributed by atoms with Crippen LogP contribution in [0.2, 0.25) is 0 Å². The van der Waals surface area contributed by atoms with E-state index in [2.05, 4.69) is 59.9 Å². The molecule has 0 aromatic heterocycles. The van der Waals surface area contributed by atoms with Crippen LogP contribution in [0.25, 0.3) is 0 Å². The zero-order valence-electron chi connectivity index (χ0n) is 11.4. The van der Waals surface area contributed by atoms with E-state index in [4.69, 9.17) is 4.74 Å². The van der Waals surface area contributed by atoms with Crippen LogP contribution in [0.5, 0.6) is 0 Å². The fourth-order valence-corrected chi connectivity index (χ4v) is 2.43. The summed E-state index contributed by atoms with van der Waals surface area (Å²) in [4.78, 5) is 0. The predicted molar refractivity (Wildman–Crippen MR) is 84.0 cm³/mol. The monoisotopic (exact) mass is 289 g/mol. The van der Waals surface area contributed by atoms with Gasteiger partial charge in [0.2, 0.25) is 0 Å². The van der Waals surface area contributed by atoms with Gasteiger partial charge in [-0.15, -0.1) is 12.4 Å². The van der Waals surface area contributed by atoms with Crippen LogP contribution in [-0.2, 0) is 11.3 Å². The minimum absolute atomic E-state index is 0. The molecule has 1 heterocycles. The molecule has 0 aliphatic carbocycles. The molecule has 0 unspecified atom stereocenters. The van der Waals surface area contributed by atoms with E-state index in [1.807, 2.05) is 6.07 Å². The quantitative estimate of drug-likeness (QED) is 0.908. The van der Waals surface area contributed by atoms with Crippen LogP contribution in [0.1, 0.15) is 17.2 Å². The van der Waals surface area contributed by atoms with Gasteiger partial charge in [-0.25, -0.2) is 0 Å². The van der Waals surface area contributed by atoms with Crippen LogP contribution < -0.4 is 5.32 Å². The van der Waals surface area contributed by atoms with Crippen molar-refractivity contribution in [2.45, 2.75) is 12.7 Å². The van der Waals surface area contributed by atoms with Gasteiger partial charge < -0.3 is 10.1 Å². The molecule has 1 N–H and O–H groups in total. The molecule has 1 aliphatic heterocycles. The fourth-order valence-electron chi connectivity index (χ4n) is 2.43. The van der Waals surface area contributed by atoms with Crippen molar-refractivity contribution in [3.05, 3.63) is 71.8 Å². The molecule has 0 saturated carbocycles. The molecule has 0 amide bonds. The first kappa shape index (κ1) is 15.0. The van der Waals surface area contributed by atoms with Crippen molar-refractivity contribution in [1.82, 2.24) is 5.32 Å². The second-order valence-electron chi connectivity index (χ2n) is 5.05. The van der Waals surface area contributed by atoms with Crippen LogP contribution in [0, 0.1) is 5.92 Å². The molecule has 3 heteroatoms. The first-order chi connectivity index (χ1) is 9.43. The van der Waals surface area contributed by atoms with Gasteiger partial charge in [-0.3, -0.25) is 0 Å². The van der Waals surface area contributed by atoms with Crippen LogP contribution in [-0.4, -0.2) is 13.1 Å². The highest BCUT2D eigenvalue weighted by Crippen LogP contribution is 2.29.